The van der Waals surface area contributed by atoms with Crippen molar-refractivity contribution in [3.05, 3.63) is 12.7 Å². The Morgan fingerprint density at radius 3 is 2.70 bits per heavy atom. The molecule has 2 saturated heterocycles. The van der Waals surface area contributed by atoms with Gasteiger partial charge >= 0.3 is 0 Å². The van der Waals surface area contributed by atoms with Crippen LogP contribution in [-0.2, 0) is 9.53 Å². The normalized spacial score (nSPS) is 25.1. The van der Waals surface area contributed by atoms with E-state index in [-0.39, 0.29) is 6.04 Å². The average Bonchev–Trinajstić information content (AvgIpc) is 2.93. The van der Waals surface area contributed by atoms with Gasteiger partial charge in [-0.1, -0.05) is 6.08 Å². The number of amides is 1. The number of likely N-dealkylation sites (tertiary alicyclic amines) is 2. The SMILES string of the molecule is C=CCN1CCC[C@H]1C(=O)N1CCC(CCOC)CC1. The zero-order valence-electron chi connectivity index (χ0n) is 12.7. The molecule has 0 spiro atoms. The first kappa shape index (κ1) is 15.5. The second-order valence-corrected chi connectivity index (χ2v) is 5.99. The van der Waals surface area contributed by atoms with Crippen molar-refractivity contribution in [2.24, 2.45) is 5.92 Å². The van der Waals surface area contributed by atoms with Crippen LogP contribution in [0.5, 0.6) is 0 Å². The van der Waals surface area contributed by atoms with Gasteiger partial charge in [-0.15, -0.1) is 6.58 Å². The van der Waals surface area contributed by atoms with Crippen molar-refractivity contribution in [2.75, 3.05) is 39.9 Å². The molecule has 0 bridgehead atoms. The Balaban J connectivity index is 1.80. The Bertz CT molecular complexity index is 324. The van der Waals surface area contributed by atoms with Gasteiger partial charge in [-0.3, -0.25) is 9.69 Å². The third-order valence-electron chi connectivity index (χ3n) is 4.67. The van der Waals surface area contributed by atoms with E-state index in [1.54, 1.807) is 7.11 Å². The maximum atomic E-state index is 12.6. The molecule has 0 radical (unpaired) electrons. The Hall–Kier alpha value is -0.870. The van der Waals surface area contributed by atoms with E-state index in [1.807, 2.05) is 6.08 Å². The lowest BCUT2D eigenvalue weighted by atomic mass is 9.93. The number of methoxy groups -OCH3 is 1. The molecule has 0 unspecified atom stereocenters. The summed E-state index contributed by atoms with van der Waals surface area (Å²) in [4.78, 5) is 17.0. The third kappa shape index (κ3) is 3.83. The van der Waals surface area contributed by atoms with E-state index in [0.717, 1.165) is 70.8 Å². The quantitative estimate of drug-likeness (QED) is 0.697. The minimum absolute atomic E-state index is 0.100. The molecule has 1 atom stereocenters. The van der Waals surface area contributed by atoms with Crippen LogP contribution in [0.25, 0.3) is 0 Å². The van der Waals surface area contributed by atoms with Crippen molar-refractivity contribution in [3.63, 3.8) is 0 Å². The van der Waals surface area contributed by atoms with Crippen molar-refractivity contribution in [1.82, 2.24) is 9.80 Å². The molecule has 2 rings (SSSR count). The second-order valence-electron chi connectivity index (χ2n) is 5.99. The van der Waals surface area contributed by atoms with E-state index in [0.29, 0.717) is 5.91 Å². The third-order valence-corrected chi connectivity index (χ3v) is 4.67. The molecule has 0 aromatic rings. The van der Waals surface area contributed by atoms with Gasteiger partial charge in [0, 0.05) is 33.4 Å². The van der Waals surface area contributed by atoms with E-state index < -0.39 is 0 Å². The van der Waals surface area contributed by atoms with Gasteiger partial charge in [-0.2, -0.15) is 0 Å². The summed E-state index contributed by atoms with van der Waals surface area (Å²) < 4.78 is 5.14. The summed E-state index contributed by atoms with van der Waals surface area (Å²) >= 11 is 0. The van der Waals surface area contributed by atoms with Crippen molar-refractivity contribution >= 4 is 5.91 Å². The van der Waals surface area contributed by atoms with Crippen LogP contribution >= 0.6 is 0 Å². The molecule has 4 nitrogen and oxygen atoms in total. The molecule has 20 heavy (non-hydrogen) atoms. The van der Waals surface area contributed by atoms with Gasteiger partial charge < -0.3 is 9.64 Å². The molecule has 0 N–H and O–H groups in total. The fourth-order valence-corrected chi connectivity index (χ4v) is 3.43. The fraction of sp³-hybridized carbons (Fsp3) is 0.812. The largest absolute Gasteiger partial charge is 0.385 e. The molecule has 114 valence electrons. The number of rotatable bonds is 6. The van der Waals surface area contributed by atoms with Gasteiger partial charge in [0.1, 0.15) is 0 Å². The highest BCUT2D eigenvalue weighted by Gasteiger charge is 2.34. The van der Waals surface area contributed by atoms with Crippen LogP contribution < -0.4 is 0 Å². The highest BCUT2D eigenvalue weighted by atomic mass is 16.5. The molecule has 0 aliphatic carbocycles. The van der Waals surface area contributed by atoms with Gasteiger partial charge in [0.05, 0.1) is 6.04 Å². The molecule has 0 aromatic carbocycles. The van der Waals surface area contributed by atoms with Crippen LogP contribution in [0.15, 0.2) is 12.7 Å². The summed E-state index contributed by atoms with van der Waals surface area (Å²) in [5.41, 5.74) is 0. The number of piperidine rings is 1. The summed E-state index contributed by atoms with van der Waals surface area (Å²) in [6, 6.07) is 0.100. The number of hydrogen-bond donors (Lipinski definition) is 0. The van der Waals surface area contributed by atoms with E-state index in [4.69, 9.17) is 4.74 Å². The highest BCUT2D eigenvalue weighted by Crippen LogP contribution is 2.24. The minimum atomic E-state index is 0.100. The topological polar surface area (TPSA) is 32.8 Å². The zero-order chi connectivity index (χ0) is 14.4. The summed E-state index contributed by atoms with van der Waals surface area (Å²) in [5, 5.41) is 0. The molecule has 4 heteroatoms. The second kappa shape index (κ2) is 7.79. The van der Waals surface area contributed by atoms with Crippen LogP contribution in [0.3, 0.4) is 0 Å². The van der Waals surface area contributed by atoms with Gasteiger partial charge in [0.25, 0.3) is 0 Å². The van der Waals surface area contributed by atoms with Gasteiger partial charge in [-0.25, -0.2) is 0 Å². The summed E-state index contributed by atoms with van der Waals surface area (Å²) in [6.07, 6.45) is 7.44. The Labute approximate surface area is 122 Å². The van der Waals surface area contributed by atoms with Crippen LogP contribution in [0.4, 0.5) is 0 Å². The van der Waals surface area contributed by atoms with Gasteiger partial charge in [0.15, 0.2) is 0 Å². The molecule has 2 aliphatic heterocycles. The number of hydrogen-bond acceptors (Lipinski definition) is 3. The van der Waals surface area contributed by atoms with E-state index >= 15 is 0 Å². The Kier molecular flexibility index (Phi) is 6.05. The lowest BCUT2D eigenvalue weighted by Crippen LogP contribution is -2.48. The zero-order valence-corrected chi connectivity index (χ0v) is 12.7. The van der Waals surface area contributed by atoms with E-state index in [9.17, 15) is 4.79 Å². The van der Waals surface area contributed by atoms with E-state index in [2.05, 4.69) is 16.4 Å². The molecule has 2 heterocycles. The van der Waals surface area contributed by atoms with Crippen LogP contribution in [0.1, 0.15) is 32.1 Å². The summed E-state index contributed by atoms with van der Waals surface area (Å²) in [5.74, 6) is 1.07. The predicted molar refractivity (Wildman–Crippen MR) is 80.6 cm³/mol. The number of carbonyl (C=O) groups excluding carboxylic acids is 1. The average molecular weight is 280 g/mol. The van der Waals surface area contributed by atoms with Crippen LogP contribution in [-0.4, -0.2) is 61.6 Å². The first-order valence-corrected chi connectivity index (χ1v) is 7.89. The molecule has 2 aliphatic rings. The molecule has 1 amide bonds. The smallest absolute Gasteiger partial charge is 0.239 e. The number of ether oxygens (including phenoxy) is 1. The van der Waals surface area contributed by atoms with Crippen molar-refractivity contribution in [1.29, 1.82) is 0 Å². The monoisotopic (exact) mass is 280 g/mol. The maximum Gasteiger partial charge on any atom is 0.239 e. The standard InChI is InChI=1S/C16H28N2O2/c1-3-9-17-10-4-5-15(17)16(19)18-11-6-14(7-12-18)8-13-20-2/h3,14-15H,1,4-13H2,2H3/t15-/m0/s1. The van der Waals surface area contributed by atoms with Crippen molar-refractivity contribution in [2.45, 2.75) is 38.1 Å². The highest BCUT2D eigenvalue weighted by molar-refractivity contribution is 5.82. The first-order valence-electron chi connectivity index (χ1n) is 7.89. The Morgan fingerprint density at radius 2 is 2.05 bits per heavy atom. The fourth-order valence-electron chi connectivity index (χ4n) is 3.43. The molecule has 0 saturated carbocycles. The van der Waals surface area contributed by atoms with Crippen molar-refractivity contribution < 1.29 is 9.53 Å². The van der Waals surface area contributed by atoms with Gasteiger partial charge in [-0.05, 0) is 44.6 Å². The molecule has 0 aromatic heterocycles. The predicted octanol–water partition coefficient (Wildman–Crippen LogP) is 1.91. The minimum Gasteiger partial charge on any atom is -0.385 e. The summed E-state index contributed by atoms with van der Waals surface area (Å²) in [6.45, 7) is 8.35. The van der Waals surface area contributed by atoms with Crippen LogP contribution in [0.2, 0.25) is 0 Å². The van der Waals surface area contributed by atoms with Gasteiger partial charge in [0.2, 0.25) is 5.91 Å². The maximum absolute atomic E-state index is 12.6. The summed E-state index contributed by atoms with van der Waals surface area (Å²) in [7, 11) is 1.76. The molecular formula is C16H28N2O2. The lowest BCUT2D eigenvalue weighted by molar-refractivity contribution is -0.137. The lowest BCUT2D eigenvalue weighted by Gasteiger charge is -2.35. The number of carbonyl (C=O) groups is 1. The first-order chi connectivity index (χ1) is 9.76. The molecule has 2 fully saturated rings. The number of nitrogens with zero attached hydrogens (tertiary/aromatic N) is 2. The molecular weight excluding hydrogens is 252 g/mol. The van der Waals surface area contributed by atoms with Crippen LogP contribution in [0, 0.1) is 5.92 Å². The van der Waals surface area contributed by atoms with Crippen molar-refractivity contribution in [3.8, 4) is 0 Å². The van der Waals surface area contributed by atoms with E-state index in [1.165, 1.54) is 0 Å². The Morgan fingerprint density at radius 1 is 1.30 bits per heavy atom.